The van der Waals surface area contributed by atoms with Gasteiger partial charge in [-0.05, 0) is 78.6 Å². The number of aliphatic hydroxyl groups excluding tert-OH is 1. The fourth-order valence-electron chi connectivity index (χ4n) is 3.26. The maximum Gasteiger partial charge on any atom is 0.148 e. The summed E-state index contributed by atoms with van der Waals surface area (Å²) >= 11 is 3.88. The van der Waals surface area contributed by atoms with Gasteiger partial charge in [-0.1, -0.05) is 29.5 Å². The summed E-state index contributed by atoms with van der Waals surface area (Å²) in [6, 6.07) is 12.2. The van der Waals surface area contributed by atoms with E-state index < -0.39 is 0 Å². The van der Waals surface area contributed by atoms with Crippen LogP contribution in [0, 0.1) is 3.57 Å². The lowest BCUT2D eigenvalue weighted by atomic mass is 10.0. The predicted octanol–water partition coefficient (Wildman–Crippen LogP) is 5.24. The van der Waals surface area contributed by atoms with Crippen LogP contribution >= 0.6 is 33.9 Å². The van der Waals surface area contributed by atoms with Gasteiger partial charge in [0.1, 0.15) is 15.8 Å². The molecule has 0 fully saturated rings. The molecule has 0 radical (unpaired) electrons. The minimum absolute atomic E-state index is 0.151. The summed E-state index contributed by atoms with van der Waals surface area (Å²) in [6.45, 7) is 4.05. The molecule has 2 aromatic carbocycles. The van der Waals surface area contributed by atoms with Crippen LogP contribution in [-0.2, 0) is 6.42 Å². The van der Waals surface area contributed by atoms with Crippen LogP contribution in [0.1, 0.15) is 37.5 Å². The highest BCUT2D eigenvalue weighted by molar-refractivity contribution is 14.1. The molecule has 4 nitrogen and oxygen atoms in total. The lowest BCUT2D eigenvalue weighted by Crippen LogP contribution is -2.06. The van der Waals surface area contributed by atoms with Crippen LogP contribution < -0.4 is 4.74 Å². The Balaban J connectivity index is 1.67. The summed E-state index contributed by atoms with van der Waals surface area (Å²) in [5.41, 5.74) is 4.38. The molecule has 0 bridgehead atoms. The Kier molecular flexibility index (Phi) is 4.98. The van der Waals surface area contributed by atoms with Gasteiger partial charge in [-0.3, -0.25) is 0 Å². The molecule has 1 aliphatic rings. The number of hydrogen-bond donors (Lipinski definition) is 1. The zero-order chi connectivity index (χ0) is 18.3. The molecule has 6 heteroatoms. The third kappa shape index (κ3) is 3.37. The first-order valence-electron chi connectivity index (χ1n) is 8.63. The fourth-order valence-corrected chi connectivity index (χ4v) is 4.80. The highest BCUT2D eigenvalue weighted by Crippen LogP contribution is 2.40. The molecular formula is C20H19IN2O2S. The number of rotatable bonds is 4. The van der Waals surface area contributed by atoms with Crippen LogP contribution in [0.3, 0.4) is 0 Å². The molecule has 1 N–H and O–H groups in total. The standard InChI is InChI=1S/C20H19IN2O2S/c1-11(2)25-18-9-6-12(10-16(18)21)19-22-23-20(26-19)15-5-3-4-14-13(15)7-8-17(14)24/h3-6,9-11,17,24H,7-8H2,1-2H3/t17-/m0/s1. The Morgan fingerprint density at radius 2 is 2.00 bits per heavy atom. The molecule has 134 valence electrons. The van der Waals surface area contributed by atoms with Gasteiger partial charge in [-0.2, -0.15) is 0 Å². The normalized spacial score (nSPS) is 16.1. The van der Waals surface area contributed by atoms with E-state index in [-0.39, 0.29) is 12.2 Å². The molecule has 0 saturated heterocycles. The van der Waals surface area contributed by atoms with Gasteiger partial charge in [0.05, 0.1) is 15.8 Å². The summed E-state index contributed by atoms with van der Waals surface area (Å²) in [7, 11) is 0. The van der Waals surface area contributed by atoms with Crippen molar-refractivity contribution in [1.29, 1.82) is 0 Å². The number of aromatic nitrogens is 2. The topological polar surface area (TPSA) is 55.2 Å². The first-order valence-corrected chi connectivity index (χ1v) is 10.5. The number of hydrogen-bond acceptors (Lipinski definition) is 5. The lowest BCUT2D eigenvalue weighted by molar-refractivity contribution is 0.180. The monoisotopic (exact) mass is 478 g/mol. The van der Waals surface area contributed by atoms with E-state index in [2.05, 4.69) is 44.9 Å². The van der Waals surface area contributed by atoms with Crippen LogP contribution in [0.4, 0.5) is 0 Å². The molecule has 1 atom stereocenters. The second kappa shape index (κ2) is 7.25. The van der Waals surface area contributed by atoms with Gasteiger partial charge in [0.25, 0.3) is 0 Å². The van der Waals surface area contributed by atoms with Crippen LogP contribution in [0.15, 0.2) is 36.4 Å². The Labute approximate surface area is 170 Å². The molecule has 0 amide bonds. The summed E-state index contributed by atoms with van der Waals surface area (Å²) < 4.78 is 6.87. The van der Waals surface area contributed by atoms with Crippen molar-refractivity contribution >= 4 is 33.9 Å². The van der Waals surface area contributed by atoms with Gasteiger partial charge in [0.2, 0.25) is 0 Å². The highest BCUT2D eigenvalue weighted by Gasteiger charge is 2.24. The molecule has 0 saturated carbocycles. The number of halogens is 1. The SMILES string of the molecule is CC(C)Oc1ccc(-c2nnc(-c3cccc4c3CC[C@@H]4O)s2)cc1I. The minimum Gasteiger partial charge on any atom is -0.490 e. The summed E-state index contributed by atoms with van der Waals surface area (Å²) in [5.74, 6) is 0.893. The van der Waals surface area contributed by atoms with Crippen molar-refractivity contribution in [3.63, 3.8) is 0 Å². The van der Waals surface area contributed by atoms with Gasteiger partial charge in [0, 0.05) is 11.1 Å². The molecule has 0 spiro atoms. The molecule has 1 heterocycles. The van der Waals surface area contributed by atoms with Gasteiger partial charge in [-0.15, -0.1) is 10.2 Å². The van der Waals surface area contributed by atoms with E-state index in [0.717, 1.165) is 48.9 Å². The van der Waals surface area contributed by atoms with Crippen molar-refractivity contribution in [2.75, 3.05) is 0 Å². The average molecular weight is 478 g/mol. The fraction of sp³-hybridized carbons (Fsp3) is 0.300. The number of nitrogens with zero attached hydrogens (tertiary/aromatic N) is 2. The lowest BCUT2D eigenvalue weighted by Gasteiger charge is -2.11. The van der Waals surface area contributed by atoms with Crippen molar-refractivity contribution in [3.8, 4) is 26.9 Å². The van der Waals surface area contributed by atoms with Gasteiger partial charge < -0.3 is 9.84 Å². The van der Waals surface area contributed by atoms with Crippen molar-refractivity contribution in [2.24, 2.45) is 0 Å². The quantitative estimate of drug-likeness (QED) is 0.521. The maximum absolute atomic E-state index is 10.1. The number of ether oxygens (including phenoxy) is 1. The molecule has 0 unspecified atom stereocenters. The van der Waals surface area contributed by atoms with Gasteiger partial charge in [-0.25, -0.2) is 0 Å². The number of fused-ring (bicyclic) bond motifs is 1. The zero-order valence-electron chi connectivity index (χ0n) is 14.6. The first-order chi connectivity index (χ1) is 12.5. The van der Waals surface area contributed by atoms with Crippen LogP contribution in [-0.4, -0.2) is 21.4 Å². The third-order valence-electron chi connectivity index (χ3n) is 4.44. The predicted molar refractivity (Wildman–Crippen MR) is 113 cm³/mol. The second-order valence-corrected chi connectivity index (χ2v) is 8.79. The molecule has 4 rings (SSSR count). The highest BCUT2D eigenvalue weighted by atomic mass is 127. The molecule has 3 aromatic rings. The summed E-state index contributed by atoms with van der Waals surface area (Å²) in [4.78, 5) is 0. The van der Waals surface area contributed by atoms with Crippen LogP contribution in [0.2, 0.25) is 0 Å². The zero-order valence-corrected chi connectivity index (χ0v) is 17.5. The Hall–Kier alpha value is -1.51. The maximum atomic E-state index is 10.1. The number of aliphatic hydroxyl groups is 1. The van der Waals surface area contributed by atoms with Crippen molar-refractivity contribution in [2.45, 2.75) is 38.9 Å². The van der Waals surface area contributed by atoms with E-state index in [9.17, 15) is 5.11 Å². The van der Waals surface area contributed by atoms with Crippen LogP contribution in [0.5, 0.6) is 5.75 Å². The molecular weight excluding hydrogens is 459 g/mol. The van der Waals surface area contributed by atoms with Crippen molar-refractivity contribution < 1.29 is 9.84 Å². The van der Waals surface area contributed by atoms with E-state index in [1.54, 1.807) is 11.3 Å². The molecule has 0 aliphatic heterocycles. The minimum atomic E-state index is -0.354. The summed E-state index contributed by atoms with van der Waals surface area (Å²) in [6.07, 6.45) is 1.47. The Bertz CT molecular complexity index is 955. The Morgan fingerprint density at radius 3 is 2.77 bits per heavy atom. The van der Waals surface area contributed by atoms with Gasteiger partial charge >= 0.3 is 0 Å². The first kappa shape index (κ1) is 17.9. The van der Waals surface area contributed by atoms with E-state index in [0.29, 0.717) is 0 Å². The van der Waals surface area contributed by atoms with E-state index >= 15 is 0 Å². The largest absolute Gasteiger partial charge is 0.490 e. The smallest absolute Gasteiger partial charge is 0.148 e. The summed E-state index contributed by atoms with van der Waals surface area (Å²) in [5, 5.41) is 20.7. The molecule has 26 heavy (non-hydrogen) atoms. The second-order valence-electron chi connectivity index (χ2n) is 6.65. The van der Waals surface area contributed by atoms with E-state index in [1.807, 2.05) is 38.1 Å². The van der Waals surface area contributed by atoms with Crippen molar-refractivity contribution in [1.82, 2.24) is 10.2 Å². The van der Waals surface area contributed by atoms with E-state index in [1.165, 1.54) is 5.56 Å². The van der Waals surface area contributed by atoms with Gasteiger partial charge in [0.15, 0.2) is 0 Å². The molecule has 1 aliphatic carbocycles. The molecule has 1 aromatic heterocycles. The third-order valence-corrected chi connectivity index (χ3v) is 6.28. The number of benzene rings is 2. The van der Waals surface area contributed by atoms with Crippen molar-refractivity contribution in [3.05, 3.63) is 51.1 Å². The average Bonchev–Trinajstić information content (AvgIpc) is 3.24. The van der Waals surface area contributed by atoms with Crippen LogP contribution in [0.25, 0.3) is 21.1 Å². The van der Waals surface area contributed by atoms with E-state index in [4.69, 9.17) is 4.74 Å². The Morgan fingerprint density at radius 1 is 1.19 bits per heavy atom.